The van der Waals surface area contributed by atoms with Crippen LogP contribution in [-0.4, -0.2) is 26.8 Å². The highest BCUT2D eigenvalue weighted by Gasteiger charge is 2.17. The highest BCUT2D eigenvalue weighted by atomic mass is 16.5. The van der Waals surface area contributed by atoms with Gasteiger partial charge in [-0.25, -0.2) is 0 Å². The molecule has 7 heteroatoms. The van der Waals surface area contributed by atoms with Crippen LogP contribution in [0.2, 0.25) is 0 Å². The monoisotopic (exact) mass is 364 g/mol. The van der Waals surface area contributed by atoms with Crippen molar-refractivity contribution in [1.82, 2.24) is 20.4 Å². The lowest BCUT2D eigenvalue weighted by molar-refractivity contribution is 0.0931. The number of hydrogen-bond donors (Lipinski definition) is 1. The zero-order chi connectivity index (χ0) is 19.4. The SMILES string of the molecule is CCc1noc([C@H](C)NC(=O)c2ccc(-c3ccc(C(C)=O)cn3)cc2)n1. The van der Waals surface area contributed by atoms with Gasteiger partial charge in [-0.2, -0.15) is 4.98 Å². The van der Waals surface area contributed by atoms with Crippen molar-refractivity contribution in [3.8, 4) is 11.3 Å². The van der Waals surface area contributed by atoms with Gasteiger partial charge in [0.2, 0.25) is 5.89 Å². The second kappa shape index (κ2) is 7.90. The molecule has 0 fully saturated rings. The summed E-state index contributed by atoms with van der Waals surface area (Å²) < 4.78 is 5.15. The molecule has 2 aromatic heterocycles. The van der Waals surface area contributed by atoms with Crippen molar-refractivity contribution >= 4 is 11.7 Å². The Morgan fingerprint density at radius 3 is 2.37 bits per heavy atom. The first-order chi connectivity index (χ1) is 13.0. The van der Waals surface area contributed by atoms with E-state index in [2.05, 4.69) is 20.4 Å². The molecule has 0 aliphatic rings. The number of aryl methyl sites for hydroxylation is 1. The van der Waals surface area contributed by atoms with E-state index in [1.807, 2.05) is 19.1 Å². The summed E-state index contributed by atoms with van der Waals surface area (Å²) >= 11 is 0. The molecule has 138 valence electrons. The number of pyridine rings is 1. The Morgan fingerprint density at radius 1 is 1.11 bits per heavy atom. The maximum absolute atomic E-state index is 12.4. The molecule has 3 rings (SSSR count). The van der Waals surface area contributed by atoms with Gasteiger partial charge in [0.15, 0.2) is 11.6 Å². The number of ketones is 1. The molecule has 27 heavy (non-hydrogen) atoms. The number of benzene rings is 1. The highest BCUT2D eigenvalue weighted by Crippen LogP contribution is 2.19. The van der Waals surface area contributed by atoms with E-state index in [4.69, 9.17) is 4.52 Å². The van der Waals surface area contributed by atoms with Crippen LogP contribution in [0.1, 0.15) is 59.2 Å². The van der Waals surface area contributed by atoms with Crippen LogP contribution in [0.25, 0.3) is 11.3 Å². The minimum absolute atomic E-state index is 0.0255. The third kappa shape index (κ3) is 4.25. The summed E-state index contributed by atoms with van der Waals surface area (Å²) in [6.07, 6.45) is 2.22. The molecule has 2 heterocycles. The first-order valence-electron chi connectivity index (χ1n) is 8.68. The lowest BCUT2D eigenvalue weighted by Crippen LogP contribution is -2.26. The molecule has 0 aliphatic heterocycles. The van der Waals surface area contributed by atoms with Gasteiger partial charge in [0, 0.05) is 29.3 Å². The van der Waals surface area contributed by atoms with Crippen molar-refractivity contribution in [2.45, 2.75) is 33.2 Å². The molecule has 0 radical (unpaired) electrons. The fourth-order valence-corrected chi connectivity index (χ4v) is 2.49. The van der Waals surface area contributed by atoms with Crippen molar-refractivity contribution < 1.29 is 14.1 Å². The minimum atomic E-state index is -0.384. The van der Waals surface area contributed by atoms with Crippen molar-refractivity contribution in [3.05, 3.63) is 65.4 Å². The van der Waals surface area contributed by atoms with E-state index in [9.17, 15) is 9.59 Å². The van der Waals surface area contributed by atoms with Gasteiger partial charge in [0.1, 0.15) is 6.04 Å². The summed E-state index contributed by atoms with van der Waals surface area (Å²) in [6.45, 7) is 5.23. The van der Waals surface area contributed by atoms with Gasteiger partial charge < -0.3 is 9.84 Å². The van der Waals surface area contributed by atoms with Crippen LogP contribution in [0, 0.1) is 0 Å². The summed E-state index contributed by atoms with van der Waals surface area (Å²) in [6, 6.07) is 10.2. The van der Waals surface area contributed by atoms with Crippen molar-refractivity contribution in [2.24, 2.45) is 0 Å². The average Bonchev–Trinajstić information content (AvgIpc) is 3.17. The molecule has 0 bridgehead atoms. The smallest absolute Gasteiger partial charge is 0.251 e. The molecule has 3 aromatic rings. The first-order valence-corrected chi connectivity index (χ1v) is 8.68. The number of amides is 1. The second-order valence-electron chi connectivity index (χ2n) is 6.16. The molecule has 7 nitrogen and oxygen atoms in total. The van der Waals surface area contributed by atoms with Crippen LogP contribution in [0.3, 0.4) is 0 Å². The molecule has 0 saturated heterocycles. The molecule has 1 amide bonds. The second-order valence-corrected chi connectivity index (χ2v) is 6.16. The van der Waals surface area contributed by atoms with Crippen LogP contribution in [0.5, 0.6) is 0 Å². The minimum Gasteiger partial charge on any atom is -0.341 e. The van der Waals surface area contributed by atoms with Gasteiger partial charge in [0.25, 0.3) is 5.91 Å². The summed E-state index contributed by atoms with van der Waals surface area (Å²) in [5.41, 5.74) is 2.68. The summed E-state index contributed by atoms with van der Waals surface area (Å²) in [5, 5.41) is 6.67. The zero-order valence-electron chi connectivity index (χ0n) is 15.4. The van der Waals surface area contributed by atoms with Gasteiger partial charge in [0.05, 0.1) is 5.69 Å². The van der Waals surface area contributed by atoms with Gasteiger partial charge >= 0.3 is 0 Å². The van der Waals surface area contributed by atoms with Crippen LogP contribution < -0.4 is 5.32 Å². The predicted octanol–water partition coefficient (Wildman–Crippen LogP) is 3.39. The molecule has 1 aromatic carbocycles. The number of Topliss-reactive ketones (excluding diaryl/α,β-unsaturated/α-hetero) is 1. The molecular formula is C20H20N4O3. The zero-order valence-corrected chi connectivity index (χ0v) is 15.4. The van der Waals surface area contributed by atoms with Crippen LogP contribution in [0.15, 0.2) is 47.1 Å². The van der Waals surface area contributed by atoms with E-state index in [0.717, 1.165) is 11.3 Å². The molecular weight excluding hydrogens is 344 g/mol. The largest absolute Gasteiger partial charge is 0.341 e. The Balaban J connectivity index is 1.68. The quantitative estimate of drug-likeness (QED) is 0.673. The molecule has 1 N–H and O–H groups in total. The summed E-state index contributed by atoms with van der Waals surface area (Å²) in [7, 11) is 0. The van der Waals surface area contributed by atoms with E-state index in [0.29, 0.717) is 29.3 Å². The molecule has 0 saturated carbocycles. The summed E-state index contributed by atoms with van der Waals surface area (Å²) in [4.78, 5) is 32.3. The predicted molar refractivity (Wildman–Crippen MR) is 99.2 cm³/mol. The maximum Gasteiger partial charge on any atom is 0.251 e. The number of carbonyl (C=O) groups excluding carboxylic acids is 2. The number of nitrogens with zero attached hydrogens (tertiary/aromatic N) is 3. The van der Waals surface area contributed by atoms with Crippen LogP contribution >= 0.6 is 0 Å². The van der Waals surface area contributed by atoms with Gasteiger partial charge in [-0.15, -0.1) is 0 Å². The standard InChI is InChI=1S/C20H20N4O3/c1-4-18-23-20(27-24-18)12(2)22-19(26)15-7-5-14(6-8-15)17-10-9-16(11-21-17)13(3)25/h5-12H,4H2,1-3H3,(H,22,26)/t12-/m0/s1. The molecule has 0 aliphatic carbocycles. The van der Waals surface area contributed by atoms with Gasteiger partial charge in [-0.05, 0) is 38.1 Å². The van der Waals surface area contributed by atoms with Gasteiger partial charge in [-0.1, -0.05) is 24.2 Å². The number of hydrogen-bond acceptors (Lipinski definition) is 6. The van der Waals surface area contributed by atoms with E-state index in [1.165, 1.54) is 6.92 Å². The number of aromatic nitrogens is 3. The molecule has 0 unspecified atom stereocenters. The Hall–Kier alpha value is -3.35. The lowest BCUT2D eigenvalue weighted by Gasteiger charge is -2.10. The first kappa shape index (κ1) is 18.4. The third-order valence-corrected chi connectivity index (χ3v) is 4.13. The lowest BCUT2D eigenvalue weighted by atomic mass is 10.1. The molecule has 0 spiro atoms. The summed E-state index contributed by atoms with van der Waals surface area (Å²) in [5.74, 6) is 0.734. The van der Waals surface area contributed by atoms with Crippen molar-refractivity contribution in [1.29, 1.82) is 0 Å². The Kier molecular flexibility index (Phi) is 5.40. The van der Waals surface area contributed by atoms with Crippen LogP contribution in [-0.2, 0) is 6.42 Å². The van der Waals surface area contributed by atoms with Gasteiger partial charge in [-0.3, -0.25) is 14.6 Å². The highest BCUT2D eigenvalue weighted by molar-refractivity contribution is 5.95. The Labute approximate surface area is 156 Å². The maximum atomic E-state index is 12.4. The Bertz CT molecular complexity index is 946. The number of rotatable bonds is 6. The average molecular weight is 364 g/mol. The molecule has 1 atom stereocenters. The van der Waals surface area contributed by atoms with E-state index >= 15 is 0 Å². The van der Waals surface area contributed by atoms with Crippen LogP contribution in [0.4, 0.5) is 0 Å². The topological polar surface area (TPSA) is 98.0 Å². The number of carbonyl (C=O) groups is 2. The fraction of sp³-hybridized carbons (Fsp3) is 0.250. The normalized spacial score (nSPS) is 11.8. The Morgan fingerprint density at radius 2 is 1.81 bits per heavy atom. The van der Waals surface area contributed by atoms with Crippen molar-refractivity contribution in [3.63, 3.8) is 0 Å². The van der Waals surface area contributed by atoms with Crippen molar-refractivity contribution in [2.75, 3.05) is 0 Å². The van der Waals surface area contributed by atoms with E-state index in [1.54, 1.807) is 37.4 Å². The van der Waals surface area contributed by atoms with E-state index < -0.39 is 0 Å². The fourth-order valence-electron chi connectivity index (χ4n) is 2.49. The number of nitrogens with one attached hydrogen (secondary N) is 1. The third-order valence-electron chi connectivity index (χ3n) is 4.13. The van der Waals surface area contributed by atoms with E-state index in [-0.39, 0.29) is 17.7 Å².